The van der Waals surface area contributed by atoms with Gasteiger partial charge in [-0.2, -0.15) is 18.3 Å². The summed E-state index contributed by atoms with van der Waals surface area (Å²) in [6.45, 7) is 0. The van der Waals surface area contributed by atoms with E-state index in [-0.39, 0.29) is 23.6 Å². The molecule has 2 N–H and O–H groups in total. The highest BCUT2D eigenvalue weighted by Gasteiger charge is 2.34. The van der Waals surface area contributed by atoms with Gasteiger partial charge < -0.3 is 0 Å². The molecule has 1 heterocycles. The number of halogens is 4. The fourth-order valence-corrected chi connectivity index (χ4v) is 3.33. The first kappa shape index (κ1) is 21.5. The topological polar surface area (TPSA) is 76.0 Å². The van der Waals surface area contributed by atoms with Crippen molar-refractivity contribution in [2.45, 2.75) is 31.4 Å². The molecule has 1 fully saturated rings. The SMILES string of the molecule is O=C(Cc1ccc(F)cc1)NNC(=O)c1cnn(-c2cccc(C(F)(F)F)c2)c1C1CC1. The summed E-state index contributed by atoms with van der Waals surface area (Å²) in [5.41, 5.74) is 5.21. The number of nitrogens with zero attached hydrogens (tertiary/aromatic N) is 2. The maximum absolute atomic E-state index is 13.1. The summed E-state index contributed by atoms with van der Waals surface area (Å²) in [4.78, 5) is 24.7. The van der Waals surface area contributed by atoms with Gasteiger partial charge in [-0.15, -0.1) is 0 Å². The number of amides is 2. The summed E-state index contributed by atoms with van der Waals surface area (Å²) in [6, 6.07) is 10.1. The number of hydrogen-bond donors (Lipinski definition) is 2. The largest absolute Gasteiger partial charge is 0.416 e. The monoisotopic (exact) mass is 446 g/mol. The molecule has 1 aliphatic carbocycles. The van der Waals surface area contributed by atoms with Crippen molar-refractivity contribution in [3.63, 3.8) is 0 Å². The van der Waals surface area contributed by atoms with Gasteiger partial charge in [-0.25, -0.2) is 9.07 Å². The van der Waals surface area contributed by atoms with Crippen molar-refractivity contribution in [2.24, 2.45) is 0 Å². The van der Waals surface area contributed by atoms with Gasteiger partial charge in [-0.05, 0) is 48.7 Å². The molecule has 1 saturated carbocycles. The molecule has 0 atom stereocenters. The van der Waals surface area contributed by atoms with Gasteiger partial charge in [0.1, 0.15) is 5.82 Å². The number of aromatic nitrogens is 2. The van der Waals surface area contributed by atoms with Crippen LogP contribution in [0.2, 0.25) is 0 Å². The minimum absolute atomic E-state index is 0.0114. The van der Waals surface area contributed by atoms with Gasteiger partial charge in [0.25, 0.3) is 5.91 Å². The molecule has 1 aliphatic rings. The van der Waals surface area contributed by atoms with E-state index >= 15 is 0 Å². The highest BCUT2D eigenvalue weighted by Crippen LogP contribution is 2.42. The van der Waals surface area contributed by atoms with Crippen LogP contribution in [0.3, 0.4) is 0 Å². The van der Waals surface area contributed by atoms with E-state index in [4.69, 9.17) is 0 Å². The van der Waals surface area contributed by atoms with Crippen LogP contribution < -0.4 is 10.9 Å². The van der Waals surface area contributed by atoms with Crippen molar-refractivity contribution in [1.29, 1.82) is 0 Å². The van der Waals surface area contributed by atoms with Crippen molar-refractivity contribution in [3.05, 3.63) is 82.9 Å². The molecule has 0 aliphatic heterocycles. The Labute approximate surface area is 180 Å². The number of rotatable bonds is 5. The Morgan fingerprint density at radius 1 is 1.06 bits per heavy atom. The molecule has 3 aromatic rings. The summed E-state index contributed by atoms with van der Waals surface area (Å²) in [5, 5.41) is 4.14. The fourth-order valence-electron chi connectivity index (χ4n) is 3.33. The molecule has 10 heteroatoms. The number of alkyl halides is 3. The van der Waals surface area contributed by atoms with Gasteiger partial charge in [-0.3, -0.25) is 20.4 Å². The van der Waals surface area contributed by atoms with Crippen LogP contribution in [0.5, 0.6) is 0 Å². The molecule has 0 saturated heterocycles. The zero-order chi connectivity index (χ0) is 22.9. The molecule has 0 unspecified atom stereocenters. The van der Waals surface area contributed by atoms with E-state index in [1.54, 1.807) is 0 Å². The minimum Gasteiger partial charge on any atom is -0.273 e. The van der Waals surface area contributed by atoms with E-state index in [9.17, 15) is 27.2 Å². The predicted octanol–water partition coefficient (Wildman–Crippen LogP) is 3.91. The summed E-state index contributed by atoms with van der Waals surface area (Å²) in [5.74, 6) is -1.57. The molecule has 0 radical (unpaired) electrons. The van der Waals surface area contributed by atoms with Gasteiger partial charge in [0.15, 0.2) is 0 Å². The maximum Gasteiger partial charge on any atom is 0.416 e. The van der Waals surface area contributed by atoms with Crippen LogP contribution in [0.4, 0.5) is 17.6 Å². The van der Waals surface area contributed by atoms with Gasteiger partial charge in [0.2, 0.25) is 5.91 Å². The summed E-state index contributed by atoms with van der Waals surface area (Å²) >= 11 is 0. The number of carbonyl (C=O) groups excluding carboxylic acids is 2. The first-order valence-electron chi connectivity index (χ1n) is 9.81. The average Bonchev–Trinajstić information content (AvgIpc) is 3.50. The van der Waals surface area contributed by atoms with Crippen molar-refractivity contribution in [3.8, 4) is 5.69 Å². The minimum atomic E-state index is -4.50. The third-order valence-corrected chi connectivity index (χ3v) is 5.03. The lowest BCUT2D eigenvalue weighted by Crippen LogP contribution is -2.42. The molecule has 1 aromatic heterocycles. The number of benzene rings is 2. The molecule has 2 amide bonds. The Hall–Kier alpha value is -3.69. The molecular weight excluding hydrogens is 428 g/mol. The summed E-state index contributed by atoms with van der Waals surface area (Å²) < 4.78 is 53.6. The number of hydrazine groups is 1. The van der Waals surface area contributed by atoms with E-state index in [1.807, 2.05) is 0 Å². The smallest absolute Gasteiger partial charge is 0.273 e. The molecule has 2 aromatic carbocycles. The number of nitrogens with one attached hydrogen (secondary N) is 2. The molecule has 4 rings (SSSR count). The van der Waals surface area contributed by atoms with Gasteiger partial charge >= 0.3 is 6.18 Å². The van der Waals surface area contributed by atoms with Crippen LogP contribution >= 0.6 is 0 Å². The molecular formula is C22H18F4N4O2. The second kappa shape index (κ2) is 8.45. The van der Waals surface area contributed by atoms with Crippen LogP contribution in [0, 0.1) is 5.82 Å². The third kappa shape index (κ3) is 4.79. The van der Waals surface area contributed by atoms with Crippen molar-refractivity contribution in [2.75, 3.05) is 0 Å². The van der Waals surface area contributed by atoms with E-state index in [2.05, 4.69) is 16.0 Å². The van der Waals surface area contributed by atoms with Crippen LogP contribution in [-0.2, 0) is 17.4 Å². The number of carbonyl (C=O) groups is 2. The lowest BCUT2D eigenvalue weighted by Gasteiger charge is -2.12. The van der Waals surface area contributed by atoms with Gasteiger partial charge in [0, 0.05) is 5.92 Å². The quantitative estimate of drug-likeness (QED) is 0.461. The Morgan fingerprint density at radius 2 is 1.78 bits per heavy atom. The standard InChI is InChI=1S/C22H18F4N4O2/c23-16-8-4-13(5-9-16)10-19(31)28-29-21(32)18-12-27-30(20(18)14-6-7-14)17-3-1-2-15(11-17)22(24,25)26/h1-5,8-9,11-12,14H,6-7,10H2,(H,28,31)(H,29,32). The van der Waals surface area contributed by atoms with Crippen molar-refractivity contribution < 1.29 is 27.2 Å². The molecule has 0 spiro atoms. The molecule has 166 valence electrons. The zero-order valence-electron chi connectivity index (χ0n) is 16.6. The lowest BCUT2D eigenvalue weighted by molar-refractivity contribution is -0.137. The van der Waals surface area contributed by atoms with Gasteiger partial charge in [-0.1, -0.05) is 18.2 Å². The lowest BCUT2D eigenvalue weighted by atomic mass is 10.1. The maximum atomic E-state index is 13.1. The van der Waals surface area contributed by atoms with Crippen LogP contribution in [0.25, 0.3) is 5.69 Å². The highest BCUT2D eigenvalue weighted by atomic mass is 19.4. The summed E-state index contributed by atoms with van der Waals surface area (Å²) in [7, 11) is 0. The fraction of sp³-hybridized carbons (Fsp3) is 0.227. The van der Waals surface area contributed by atoms with E-state index < -0.39 is 29.4 Å². The predicted molar refractivity (Wildman–Crippen MR) is 106 cm³/mol. The zero-order valence-corrected chi connectivity index (χ0v) is 16.6. The van der Waals surface area contributed by atoms with Gasteiger partial charge in [0.05, 0.1) is 35.1 Å². The Balaban J connectivity index is 1.49. The van der Waals surface area contributed by atoms with Crippen LogP contribution in [0.1, 0.15) is 45.9 Å². The summed E-state index contributed by atoms with van der Waals surface area (Å²) in [6.07, 6.45) is -1.74. The van der Waals surface area contributed by atoms with E-state index in [0.29, 0.717) is 11.3 Å². The second-order valence-electron chi connectivity index (χ2n) is 7.48. The van der Waals surface area contributed by atoms with Crippen LogP contribution in [0.15, 0.2) is 54.7 Å². The Morgan fingerprint density at radius 3 is 2.44 bits per heavy atom. The Kier molecular flexibility index (Phi) is 5.68. The number of hydrogen-bond acceptors (Lipinski definition) is 3. The van der Waals surface area contributed by atoms with Crippen molar-refractivity contribution in [1.82, 2.24) is 20.6 Å². The third-order valence-electron chi connectivity index (χ3n) is 5.03. The average molecular weight is 446 g/mol. The molecule has 0 bridgehead atoms. The van der Waals surface area contributed by atoms with Crippen LogP contribution in [-0.4, -0.2) is 21.6 Å². The van der Waals surface area contributed by atoms with E-state index in [1.165, 1.54) is 47.3 Å². The highest BCUT2D eigenvalue weighted by molar-refractivity contribution is 5.96. The van der Waals surface area contributed by atoms with Crippen molar-refractivity contribution >= 4 is 11.8 Å². The van der Waals surface area contributed by atoms with E-state index in [0.717, 1.165) is 25.0 Å². The molecule has 32 heavy (non-hydrogen) atoms. The molecule has 6 nitrogen and oxygen atoms in total. The first-order chi connectivity index (χ1) is 15.2. The first-order valence-corrected chi connectivity index (χ1v) is 9.81. The normalized spacial score (nSPS) is 13.6. The second-order valence-corrected chi connectivity index (χ2v) is 7.48. The Bertz CT molecular complexity index is 1150.